The molecule has 38 heavy (non-hydrogen) atoms. The molecule has 0 aliphatic carbocycles. The van der Waals surface area contributed by atoms with Gasteiger partial charge in [0.15, 0.2) is 6.23 Å². The number of aliphatic hydroxyl groups is 2. The van der Waals surface area contributed by atoms with Gasteiger partial charge in [-0.3, -0.25) is 23.5 Å². The number of nitrogens with zero attached hydrogens (tertiary/aromatic N) is 2. The highest BCUT2D eigenvalue weighted by molar-refractivity contribution is 7.48. The molecule has 1 amide bonds. The Kier molecular flexibility index (Phi) is 8.60. The van der Waals surface area contributed by atoms with Crippen LogP contribution in [0.3, 0.4) is 0 Å². The second kappa shape index (κ2) is 11.4. The predicted molar refractivity (Wildman–Crippen MR) is 134 cm³/mol. The minimum absolute atomic E-state index is 0.0751. The number of hydrogen-bond donors (Lipinski definition) is 3. The van der Waals surface area contributed by atoms with Crippen LogP contribution < -0.4 is 11.0 Å². The predicted octanol–water partition coefficient (Wildman–Crippen LogP) is 3.17. The fraction of sp³-hybridized carbons (Fsp3) is 0.522. The summed E-state index contributed by atoms with van der Waals surface area (Å²) in [5, 5.41) is 24.5. The van der Waals surface area contributed by atoms with E-state index in [9.17, 15) is 24.4 Å². The maximum Gasteiger partial charge on any atom is 0.475 e. The fourth-order valence-electron chi connectivity index (χ4n) is 4.06. The van der Waals surface area contributed by atoms with E-state index in [0.717, 1.165) is 4.57 Å². The maximum atomic E-state index is 13.1. The molecule has 208 valence electrons. The van der Waals surface area contributed by atoms with Gasteiger partial charge in [-0.25, -0.2) is 14.2 Å². The van der Waals surface area contributed by atoms with Gasteiger partial charge in [-0.15, -0.1) is 0 Å². The van der Waals surface area contributed by atoms with E-state index in [1.54, 1.807) is 38.1 Å². The summed E-state index contributed by atoms with van der Waals surface area (Å²) in [6.45, 7) is 4.21. The number of nitrogens with one attached hydrogen (secondary N) is 1. The highest BCUT2D eigenvalue weighted by Gasteiger charge is 2.54. The van der Waals surface area contributed by atoms with Crippen molar-refractivity contribution in [1.82, 2.24) is 9.55 Å². The van der Waals surface area contributed by atoms with Crippen LogP contribution >= 0.6 is 19.4 Å². The Hall–Kier alpha value is -2.35. The Morgan fingerprint density at radius 3 is 2.84 bits per heavy atom. The normalized spacial score (nSPS) is 31.3. The summed E-state index contributed by atoms with van der Waals surface area (Å²) in [4.78, 5) is 28.2. The number of carbonyl (C=O) groups excluding carboxylic acids is 1. The number of halogens is 1. The number of aromatic nitrogens is 2. The van der Waals surface area contributed by atoms with Gasteiger partial charge in [0.25, 0.3) is 0 Å². The van der Waals surface area contributed by atoms with Crippen molar-refractivity contribution in [2.24, 2.45) is 0 Å². The summed E-state index contributed by atoms with van der Waals surface area (Å²) in [6, 6.07) is 8.21. The molecule has 2 aromatic rings. The number of anilines is 1. The third-order valence-corrected chi connectivity index (χ3v) is 7.63. The zero-order chi connectivity index (χ0) is 27.7. The molecule has 1 aromatic heterocycles. The SMILES string of the molecule is CC(C)OC(=O)Nc1ccn([C@@H]2O[C@H](COP3(=O)OCC[C@@H](c4cccc(Cl)c4)O3)[C@@H](O)[C@@]2(C)O)c(=O)n1. The number of rotatable bonds is 7. The summed E-state index contributed by atoms with van der Waals surface area (Å²) >= 11 is 6.04. The van der Waals surface area contributed by atoms with Crippen molar-refractivity contribution in [2.45, 2.75) is 63.4 Å². The van der Waals surface area contributed by atoms with Crippen LogP contribution in [-0.4, -0.2) is 63.0 Å². The second-order valence-electron chi connectivity index (χ2n) is 9.29. The number of benzene rings is 1. The largest absolute Gasteiger partial charge is 0.475 e. The molecule has 1 aromatic carbocycles. The van der Waals surface area contributed by atoms with Gasteiger partial charge in [0.2, 0.25) is 0 Å². The van der Waals surface area contributed by atoms with Crippen molar-refractivity contribution in [3.63, 3.8) is 0 Å². The number of ether oxygens (including phenoxy) is 2. The van der Waals surface area contributed by atoms with Crippen molar-refractivity contribution in [2.75, 3.05) is 18.5 Å². The molecule has 15 heteroatoms. The Morgan fingerprint density at radius 1 is 1.39 bits per heavy atom. The molecule has 2 fully saturated rings. The van der Waals surface area contributed by atoms with Crippen molar-refractivity contribution < 1.29 is 42.6 Å². The molecule has 3 heterocycles. The maximum absolute atomic E-state index is 13.1. The summed E-state index contributed by atoms with van der Waals surface area (Å²) < 4.78 is 41.0. The monoisotopic (exact) mass is 573 g/mol. The van der Waals surface area contributed by atoms with Gasteiger partial charge in [0.1, 0.15) is 23.6 Å². The van der Waals surface area contributed by atoms with Gasteiger partial charge >= 0.3 is 19.6 Å². The molecule has 0 spiro atoms. The van der Waals surface area contributed by atoms with Crippen LogP contribution in [-0.2, 0) is 27.6 Å². The molecule has 0 bridgehead atoms. The molecule has 0 saturated carbocycles. The van der Waals surface area contributed by atoms with E-state index in [4.69, 9.17) is 34.6 Å². The zero-order valence-electron chi connectivity index (χ0n) is 20.9. The van der Waals surface area contributed by atoms with Crippen molar-refractivity contribution in [1.29, 1.82) is 0 Å². The molecule has 2 saturated heterocycles. The number of phosphoric ester groups is 1. The highest BCUT2D eigenvalue weighted by Crippen LogP contribution is 2.57. The number of carbonyl (C=O) groups is 1. The summed E-state index contributed by atoms with van der Waals surface area (Å²) in [7, 11) is -4.05. The van der Waals surface area contributed by atoms with Crippen LogP contribution in [0.1, 0.15) is 45.1 Å². The van der Waals surface area contributed by atoms with Gasteiger partial charge in [-0.2, -0.15) is 4.98 Å². The summed E-state index contributed by atoms with van der Waals surface area (Å²) in [6.07, 6.45) is -4.22. The van der Waals surface area contributed by atoms with Crippen LogP contribution in [0.25, 0.3) is 0 Å². The van der Waals surface area contributed by atoms with Crippen LogP contribution in [0.2, 0.25) is 5.02 Å². The van der Waals surface area contributed by atoms with Crippen molar-refractivity contribution >= 4 is 31.3 Å². The summed E-state index contributed by atoms with van der Waals surface area (Å²) in [5.41, 5.74) is -2.13. The number of aliphatic hydroxyl groups excluding tert-OH is 1. The Labute approximate surface area is 223 Å². The van der Waals surface area contributed by atoms with Gasteiger partial charge < -0.3 is 19.7 Å². The Balaban J connectivity index is 1.43. The lowest BCUT2D eigenvalue weighted by molar-refractivity contribution is -0.0989. The third-order valence-electron chi connectivity index (χ3n) is 5.91. The van der Waals surface area contributed by atoms with E-state index in [1.165, 1.54) is 19.2 Å². The Morgan fingerprint density at radius 2 is 2.16 bits per heavy atom. The van der Waals surface area contributed by atoms with E-state index in [0.29, 0.717) is 17.0 Å². The number of phosphoric acid groups is 1. The highest BCUT2D eigenvalue weighted by atomic mass is 35.5. The lowest BCUT2D eigenvalue weighted by Crippen LogP contribution is -2.46. The fourth-order valence-corrected chi connectivity index (χ4v) is 5.66. The van der Waals surface area contributed by atoms with E-state index < -0.39 is 56.4 Å². The van der Waals surface area contributed by atoms with Crippen molar-refractivity contribution in [3.8, 4) is 0 Å². The first-order valence-corrected chi connectivity index (χ1v) is 13.7. The quantitative estimate of drug-likeness (QED) is 0.416. The molecule has 2 aliphatic rings. The Bertz CT molecular complexity index is 1270. The first kappa shape index (κ1) is 28.7. The smallest absolute Gasteiger partial charge is 0.447 e. The lowest BCUT2D eigenvalue weighted by atomic mass is 9.96. The molecular formula is C23H29ClN3O10P. The van der Waals surface area contributed by atoms with E-state index in [2.05, 4.69) is 10.3 Å². The average Bonchev–Trinajstić information content (AvgIpc) is 3.06. The minimum Gasteiger partial charge on any atom is -0.447 e. The molecule has 3 N–H and O–H groups in total. The van der Waals surface area contributed by atoms with E-state index in [-0.39, 0.29) is 18.5 Å². The zero-order valence-corrected chi connectivity index (χ0v) is 22.5. The number of hydrogen-bond acceptors (Lipinski definition) is 11. The van der Waals surface area contributed by atoms with Crippen molar-refractivity contribution in [3.05, 3.63) is 57.6 Å². The molecule has 1 unspecified atom stereocenters. The number of amides is 1. The summed E-state index contributed by atoms with van der Waals surface area (Å²) in [5.74, 6) is -0.0751. The molecule has 0 radical (unpaired) electrons. The van der Waals surface area contributed by atoms with Gasteiger partial charge in [-0.1, -0.05) is 23.7 Å². The van der Waals surface area contributed by atoms with E-state index in [1.807, 2.05) is 0 Å². The average molecular weight is 574 g/mol. The van der Waals surface area contributed by atoms with Gasteiger partial charge in [0, 0.05) is 17.6 Å². The molecule has 6 atom stereocenters. The first-order valence-electron chi connectivity index (χ1n) is 11.8. The second-order valence-corrected chi connectivity index (χ2v) is 11.4. The van der Waals surface area contributed by atoms with Crippen LogP contribution in [0, 0.1) is 0 Å². The third kappa shape index (κ3) is 6.44. The molecule has 2 aliphatic heterocycles. The van der Waals surface area contributed by atoms with Crippen LogP contribution in [0.4, 0.5) is 10.6 Å². The molecule has 13 nitrogen and oxygen atoms in total. The van der Waals surface area contributed by atoms with E-state index >= 15 is 0 Å². The van der Waals surface area contributed by atoms with Crippen LogP contribution in [0.15, 0.2) is 41.3 Å². The minimum atomic E-state index is -4.05. The van der Waals surface area contributed by atoms with Gasteiger partial charge in [0.05, 0.1) is 25.4 Å². The van der Waals surface area contributed by atoms with Crippen LogP contribution in [0.5, 0.6) is 0 Å². The standard InChI is InChI=1S/C23H29ClN3O10P/c1-13(2)35-22(30)26-18-7-9-27(21(29)25-18)20-23(3,31)19(28)17(36-20)12-34-38(32)33-10-8-16(37-38)14-5-4-6-15(24)11-14/h4-7,9,11,13,16-17,19-20,28,31H,8,10,12H2,1-3H3,(H,25,26,29,30)/t16-,17+,19+,20+,23+,38?/m0/s1. The van der Waals surface area contributed by atoms with Gasteiger partial charge in [-0.05, 0) is 44.5 Å². The molecule has 4 rings (SSSR count). The molecular weight excluding hydrogens is 545 g/mol. The topological polar surface area (TPSA) is 168 Å². The first-order chi connectivity index (χ1) is 17.9. The lowest BCUT2D eigenvalue weighted by Gasteiger charge is -2.30.